The Balaban J connectivity index is 2.09. The van der Waals surface area contributed by atoms with Crippen molar-refractivity contribution in [2.24, 2.45) is 0 Å². The Morgan fingerprint density at radius 1 is 1.26 bits per heavy atom. The first-order valence-corrected chi connectivity index (χ1v) is 7.30. The Bertz CT molecular complexity index is 708. The molecular formula is C15H13ClN2S. The summed E-state index contributed by atoms with van der Waals surface area (Å²) in [4.78, 5) is 5.54. The maximum atomic E-state index is 6.24. The van der Waals surface area contributed by atoms with Gasteiger partial charge in [-0.05, 0) is 36.2 Å². The molecule has 1 unspecified atom stereocenters. The Morgan fingerprint density at radius 3 is 2.89 bits per heavy atom. The van der Waals surface area contributed by atoms with Crippen LogP contribution in [0.4, 0.5) is 0 Å². The number of hydrogen-bond acceptors (Lipinski definition) is 3. The van der Waals surface area contributed by atoms with E-state index in [0.29, 0.717) is 0 Å². The maximum Gasteiger partial charge on any atom is 0.0705 e. The summed E-state index contributed by atoms with van der Waals surface area (Å²) in [7, 11) is 1.95. The summed E-state index contributed by atoms with van der Waals surface area (Å²) in [5.74, 6) is 0. The lowest BCUT2D eigenvalue weighted by molar-refractivity contribution is 0.705. The molecule has 2 heterocycles. The molecule has 19 heavy (non-hydrogen) atoms. The number of fused-ring (bicyclic) bond motifs is 1. The van der Waals surface area contributed by atoms with Crippen LogP contribution in [0.25, 0.3) is 10.9 Å². The molecule has 2 nitrogen and oxygen atoms in total. The smallest absolute Gasteiger partial charge is 0.0705 e. The Hall–Kier alpha value is -1.42. The second-order valence-corrected chi connectivity index (χ2v) is 5.66. The van der Waals surface area contributed by atoms with Gasteiger partial charge in [0.05, 0.1) is 16.6 Å². The van der Waals surface area contributed by atoms with Crippen molar-refractivity contribution in [3.8, 4) is 0 Å². The van der Waals surface area contributed by atoms with Gasteiger partial charge in [-0.1, -0.05) is 29.8 Å². The topological polar surface area (TPSA) is 24.9 Å². The van der Waals surface area contributed by atoms with Gasteiger partial charge >= 0.3 is 0 Å². The standard InChI is InChI=1S/C15H13ClN2S/c1-17-14(15-12(16)6-8-19-15)11-5-4-10-3-2-7-18-13(10)9-11/h2-9,14,17H,1H3. The molecule has 0 bridgehead atoms. The molecular weight excluding hydrogens is 276 g/mol. The number of halogens is 1. The molecule has 0 saturated carbocycles. The van der Waals surface area contributed by atoms with Crippen LogP contribution in [0.3, 0.4) is 0 Å². The normalized spacial score (nSPS) is 12.7. The molecule has 0 aliphatic heterocycles. The highest BCUT2D eigenvalue weighted by Gasteiger charge is 2.16. The zero-order valence-electron chi connectivity index (χ0n) is 10.4. The fraction of sp³-hybridized carbons (Fsp3) is 0.133. The first-order chi connectivity index (χ1) is 9.29. The molecule has 1 atom stereocenters. The fourth-order valence-electron chi connectivity index (χ4n) is 2.22. The van der Waals surface area contributed by atoms with Crippen molar-refractivity contribution in [3.05, 3.63) is 63.4 Å². The third-order valence-electron chi connectivity index (χ3n) is 3.16. The molecule has 0 fully saturated rings. The van der Waals surface area contributed by atoms with Gasteiger partial charge < -0.3 is 5.32 Å². The number of hydrogen-bond donors (Lipinski definition) is 1. The first kappa shape index (κ1) is 12.6. The van der Waals surface area contributed by atoms with Gasteiger partial charge in [0.25, 0.3) is 0 Å². The van der Waals surface area contributed by atoms with Gasteiger partial charge in [0.2, 0.25) is 0 Å². The van der Waals surface area contributed by atoms with Gasteiger partial charge in [-0.3, -0.25) is 4.98 Å². The van der Waals surface area contributed by atoms with Crippen LogP contribution < -0.4 is 5.32 Å². The molecule has 1 N–H and O–H groups in total. The summed E-state index contributed by atoms with van der Waals surface area (Å²) in [6.45, 7) is 0. The Labute approximate surface area is 121 Å². The van der Waals surface area contributed by atoms with Gasteiger partial charge in [-0.2, -0.15) is 0 Å². The lowest BCUT2D eigenvalue weighted by Crippen LogP contribution is -2.16. The monoisotopic (exact) mass is 288 g/mol. The SMILES string of the molecule is CNC(c1ccc2cccnc2c1)c1sccc1Cl. The highest BCUT2D eigenvalue weighted by molar-refractivity contribution is 7.10. The number of benzene rings is 1. The van der Waals surface area contributed by atoms with Gasteiger partial charge in [-0.15, -0.1) is 11.3 Å². The third-order valence-corrected chi connectivity index (χ3v) is 4.58. The van der Waals surface area contributed by atoms with E-state index >= 15 is 0 Å². The van der Waals surface area contributed by atoms with Crippen LogP contribution >= 0.6 is 22.9 Å². The minimum atomic E-state index is 0.110. The van der Waals surface area contributed by atoms with E-state index in [9.17, 15) is 0 Å². The maximum absolute atomic E-state index is 6.24. The van der Waals surface area contributed by atoms with E-state index in [2.05, 4.69) is 34.6 Å². The quantitative estimate of drug-likeness (QED) is 0.779. The Kier molecular flexibility index (Phi) is 3.51. The zero-order chi connectivity index (χ0) is 13.2. The van der Waals surface area contributed by atoms with Crippen LogP contribution in [0, 0.1) is 0 Å². The van der Waals surface area contributed by atoms with E-state index in [1.54, 1.807) is 11.3 Å². The van der Waals surface area contributed by atoms with E-state index in [0.717, 1.165) is 20.8 Å². The zero-order valence-corrected chi connectivity index (χ0v) is 12.0. The van der Waals surface area contributed by atoms with Crippen LogP contribution in [-0.4, -0.2) is 12.0 Å². The van der Waals surface area contributed by atoms with Crippen molar-refractivity contribution in [1.82, 2.24) is 10.3 Å². The first-order valence-electron chi connectivity index (χ1n) is 6.04. The summed E-state index contributed by atoms with van der Waals surface area (Å²) in [5.41, 5.74) is 2.19. The summed E-state index contributed by atoms with van der Waals surface area (Å²) < 4.78 is 0. The van der Waals surface area contributed by atoms with Crippen molar-refractivity contribution < 1.29 is 0 Å². The summed E-state index contributed by atoms with van der Waals surface area (Å²) in [6.07, 6.45) is 1.82. The summed E-state index contributed by atoms with van der Waals surface area (Å²) in [5, 5.41) is 7.30. The van der Waals surface area contributed by atoms with Crippen LogP contribution in [0.2, 0.25) is 5.02 Å². The number of thiophene rings is 1. The highest BCUT2D eigenvalue weighted by Crippen LogP contribution is 2.33. The van der Waals surface area contributed by atoms with Crippen molar-refractivity contribution in [2.75, 3.05) is 7.05 Å². The van der Waals surface area contributed by atoms with Gasteiger partial charge in [0.1, 0.15) is 0 Å². The lowest BCUT2D eigenvalue weighted by Gasteiger charge is -2.16. The van der Waals surface area contributed by atoms with E-state index in [1.807, 2.05) is 30.8 Å². The number of aromatic nitrogens is 1. The van der Waals surface area contributed by atoms with Crippen molar-refractivity contribution in [2.45, 2.75) is 6.04 Å². The van der Waals surface area contributed by atoms with Crippen molar-refractivity contribution >= 4 is 33.8 Å². The number of nitrogens with zero attached hydrogens (tertiary/aromatic N) is 1. The molecule has 0 radical (unpaired) electrons. The number of nitrogens with one attached hydrogen (secondary N) is 1. The molecule has 2 aromatic heterocycles. The average molecular weight is 289 g/mol. The number of rotatable bonds is 3. The van der Waals surface area contributed by atoms with Crippen LogP contribution in [0.5, 0.6) is 0 Å². The van der Waals surface area contributed by atoms with E-state index in [4.69, 9.17) is 11.6 Å². The predicted molar refractivity (Wildman–Crippen MR) is 82.0 cm³/mol. The molecule has 0 aliphatic carbocycles. The molecule has 1 aromatic carbocycles. The summed E-state index contributed by atoms with van der Waals surface area (Å²) in [6, 6.07) is 12.4. The Morgan fingerprint density at radius 2 is 2.16 bits per heavy atom. The second-order valence-electron chi connectivity index (χ2n) is 4.31. The van der Waals surface area contributed by atoms with Crippen molar-refractivity contribution in [1.29, 1.82) is 0 Å². The summed E-state index contributed by atoms with van der Waals surface area (Å²) >= 11 is 7.90. The molecule has 4 heteroatoms. The molecule has 96 valence electrons. The fourth-order valence-corrected chi connectivity index (χ4v) is 3.53. The number of pyridine rings is 1. The minimum Gasteiger partial charge on any atom is -0.309 e. The van der Waals surface area contributed by atoms with Crippen LogP contribution in [0.1, 0.15) is 16.5 Å². The minimum absolute atomic E-state index is 0.110. The third kappa shape index (κ3) is 2.37. The second kappa shape index (κ2) is 5.29. The molecule has 3 aromatic rings. The molecule has 0 saturated heterocycles. The largest absolute Gasteiger partial charge is 0.309 e. The average Bonchev–Trinajstić information content (AvgIpc) is 2.86. The van der Waals surface area contributed by atoms with E-state index in [-0.39, 0.29) is 6.04 Å². The van der Waals surface area contributed by atoms with Crippen molar-refractivity contribution in [3.63, 3.8) is 0 Å². The van der Waals surface area contributed by atoms with Gasteiger partial charge in [0, 0.05) is 16.5 Å². The molecule has 0 amide bonds. The predicted octanol–water partition coefficient (Wildman–Crippen LogP) is 4.26. The van der Waals surface area contributed by atoms with Gasteiger partial charge in [0.15, 0.2) is 0 Å². The lowest BCUT2D eigenvalue weighted by atomic mass is 10.0. The van der Waals surface area contributed by atoms with E-state index in [1.165, 1.54) is 5.56 Å². The van der Waals surface area contributed by atoms with Gasteiger partial charge in [-0.25, -0.2) is 0 Å². The highest BCUT2D eigenvalue weighted by atomic mass is 35.5. The van der Waals surface area contributed by atoms with E-state index < -0.39 is 0 Å². The molecule has 3 rings (SSSR count). The van der Waals surface area contributed by atoms with Crippen LogP contribution in [0.15, 0.2) is 48.0 Å². The van der Waals surface area contributed by atoms with Crippen LogP contribution in [-0.2, 0) is 0 Å². The molecule has 0 aliphatic rings. The molecule has 0 spiro atoms.